The summed E-state index contributed by atoms with van der Waals surface area (Å²) in [5.41, 5.74) is 3.16. The number of hydrogen-bond donors (Lipinski definition) is 0. The third-order valence-corrected chi connectivity index (χ3v) is 11.0. The molecule has 6 atom stereocenters. The molecule has 3 aromatic rings. The van der Waals surface area contributed by atoms with Crippen LogP contribution in [0.25, 0.3) is 0 Å². The summed E-state index contributed by atoms with van der Waals surface area (Å²) < 4.78 is 4.70. The highest BCUT2D eigenvalue weighted by atomic mass is 16.5. The van der Waals surface area contributed by atoms with Gasteiger partial charge in [-0.3, -0.25) is 4.79 Å². The second-order valence-electron chi connectivity index (χ2n) is 16.6. The van der Waals surface area contributed by atoms with E-state index in [4.69, 9.17) is 4.74 Å². The van der Waals surface area contributed by atoms with E-state index < -0.39 is 0 Å². The maximum absolute atomic E-state index is 11.1. The fourth-order valence-corrected chi connectivity index (χ4v) is 6.11. The predicted octanol–water partition coefficient (Wildman–Crippen LogP) is 11.4. The van der Waals surface area contributed by atoms with Crippen molar-refractivity contribution < 1.29 is 43.1 Å². The number of ether oxygens (including phenoxy) is 1. The Labute approximate surface area is 384 Å². The van der Waals surface area contributed by atoms with Gasteiger partial charge in [-0.1, -0.05) is 170 Å². The Bertz CT molecular complexity index is 1660. The molecule has 9 heteroatoms. The van der Waals surface area contributed by atoms with Crippen LogP contribution in [0.5, 0.6) is 0 Å². The lowest BCUT2D eigenvalue weighted by Gasteiger charge is -2.14. The molecular formula is C55H76O9. The van der Waals surface area contributed by atoms with E-state index in [-0.39, 0.29) is 41.5 Å². The normalized spacial score (nSPS) is 18.1. The van der Waals surface area contributed by atoms with Crippen LogP contribution < -0.4 is 0 Å². The van der Waals surface area contributed by atoms with E-state index in [1.807, 2.05) is 119 Å². The quantitative estimate of drug-likeness (QED) is 0.0877. The molecule has 3 aliphatic rings. The molecule has 0 N–H and O–H groups in total. The molecule has 2 fully saturated rings. The Morgan fingerprint density at radius 1 is 0.594 bits per heavy atom. The summed E-state index contributed by atoms with van der Waals surface area (Å²) in [6.07, 6.45) is 22.1. The lowest BCUT2D eigenvalue weighted by Crippen LogP contribution is -2.07. The molecule has 350 valence electrons. The first kappa shape index (κ1) is 58.6. The minimum atomic E-state index is -0.223. The van der Waals surface area contributed by atoms with E-state index in [9.17, 15) is 38.4 Å². The maximum Gasteiger partial charge on any atom is 0.309 e. The largest absolute Gasteiger partial charge is 0.466 e. The Morgan fingerprint density at radius 2 is 1.09 bits per heavy atom. The second kappa shape index (κ2) is 38.1. The van der Waals surface area contributed by atoms with Crippen molar-refractivity contribution in [3.63, 3.8) is 0 Å². The average Bonchev–Trinajstić information content (AvgIpc) is 4.17. The van der Waals surface area contributed by atoms with Crippen LogP contribution in [0.4, 0.5) is 0 Å². The number of benzene rings is 3. The van der Waals surface area contributed by atoms with Gasteiger partial charge in [-0.05, 0) is 68.1 Å². The van der Waals surface area contributed by atoms with Crippen molar-refractivity contribution >= 4 is 50.0 Å². The van der Waals surface area contributed by atoms with Crippen LogP contribution in [0.3, 0.4) is 0 Å². The van der Waals surface area contributed by atoms with Gasteiger partial charge in [0.1, 0.15) is 44.0 Å². The number of carbonyl (C=O) groups is 8. The minimum Gasteiger partial charge on any atom is -0.466 e. The predicted molar refractivity (Wildman–Crippen MR) is 257 cm³/mol. The van der Waals surface area contributed by atoms with Crippen molar-refractivity contribution in [3.05, 3.63) is 120 Å². The number of carbonyl (C=O) groups excluding carboxylic acids is 8. The molecule has 64 heavy (non-hydrogen) atoms. The third kappa shape index (κ3) is 27.6. The molecule has 0 aliphatic heterocycles. The SMILES string of the molecule is CC(C)C=O.CC(C=O)c1ccccc1.CCC(C)C(C)C=O.CCOC(=O)C1CC1C=O.O=CC(c1ccccc1)c1ccccc1.O=CC1CC=CCC1.O=CC1CCCCC1. The third-order valence-electron chi connectivity index (χ3n) is 11.0. The number of aldehydes is 7. The Hall–Kier alpha value is -5.44. The van der Waals surface area contributed by atoms with Crippen LogP contribution in [-0.4, -0.2) is 56.6 Å². The highest BCUT2D eigenvalue weighted by Gasteiger charge is 2.43. The molecule has 0 amide bonds. The molecular weight excluding hydrogens is 805 g/mol. The first-order valence-corrected chi connectivity index (χ1v) is 23.0. The lowest BCUT2D eigenvalue weighted by molar-refractivity contribution is -0.145. The minimum absolute atomic E-state index is 0.0289. The zero-order chi connectivity index (χ0) is 48.0. The second-order valence-corrected chi connectivity index (χ2v) is 16.6. The smallest absolute Gasteiger partial charge is 0.309 e. The van der Waals surface area contributed by atoms with Gasteiger partial charge in [0.2, 0.25) is 0 Å². The van der Waals surface area contributed by atoms with Gasteiger partial charge in [-0.2, -0.15) is 0 Å². The number of hydrogen-bond acceptors (Lipinski definition) is 9. The summed E-state index contributed by atoms with van der Waals surface area (Å²) in [5, 5.41) is 0. The molecule has 0 heterocycles. The van der Waals surface area contributed by atoms with Gasteiger partial charge in [-0.25, -0.2) is 0 Å². The van der Waals surface area contributed by atoms with E-state index in [1.54, 1.807) is 6.92 Å². The number of rotatable bonds is 14. The average molecular weight is 881 g/mol. The van der Waals surface area contributed by atoms with Crippen molar-refractivity contribution in [1.82, 2.24) is 0 Å². The van der Waals surface area contributed by atoms with Crippen LogP contribution in [0, 0.1) is 41.4 Å². The molecule has 0 aromatic heterocycles. The van der Waals surface area contributed by atoms with Crippen molar-refractivity contribution in [1.29, 1.82) is 0 Å². The van der Waals surface area contributed by atoms with Crippen molar-refractivity contribution in [2.24, 2.45) is 41.4 Å². The molecule has 3 aromatic carbocycles. The molecule has 0 saturated heterocycles. The zero-order valence-corrected chi connectivity index (χ0v) is 39.5. The summed E-state index contributed by atoms with van der Waals surface area (Å²) in [6.45, 7) is 13.9. The molecule has 9 nitrogen and oxygen atoms in total. The van der Waals surface area contributed by atoms with Crippen molar-refractivity contribution in [3.8, 4) is 0 Å². The van der Waals surface area contributed by atoms with Gasteiger partial charge in [0, 0.05) is 35.5 Å². The summed E-state index contributed by atoms with van der Waals surface area (Å²) in [4.78, 5) is 82.2. The summed E-state index contributed by atoms with van der Waals surface area (Å²) in [5.74, 6) is 1.19. The van der Waals surface area contributed by atoms with E-state index in [0.29, 0.717) is 30.8 Å². The van der Waals surface area contributed by atoms with E-state index in [0.717, 1.165) is 99.2 Å². The molecule has 0 bridgehead atoms. The molecule has 0 spiro atoms. The highest BCUT2D eigenvalue weighted by molar-refractivity contribution is 5.81. The van der Waals surface area contributed by atoms with E-state index >= 15 is 0 Å². The van der Waals surface area contributed by atoms with Crippen molar-refractivity contribution in [2.75, 3.05) is 6.61 Å². The van der Waals surface area contributed by atoms with E-state index in [2.05, 4.69) is 26.0 Å². The van der Waals surface area contributed by atoms with E-state index in [1.165, 1.54) is 19.3 Å². The Morgan fingerprint density at radius 3 is 1.39 bits per heavy atom. The van der Waals surface area contributed by atoms with Crippen LogP contribution in [0.2, 0.25) is 0 Å². The number of allylic oxidation sites excluding steroid dienone is 2. The summed E-state index contributed by atoms with van der Waals surface area (Å²) in [7, 11) is 0. The number of esters is 1. The fraction of sp³-hybridized carbons (Fsp3) is 0.491. The zero-order valence-electron chi connectivity index (χ0n) is 39.5. The first-order valence-electron chi connectivity index (χ1n) is 23.0. The molecule has 3 aliphatic carbocycles. The highest BCUT2D eigenvalue weighted by Crippen LogP contribution is 2.37. The summed E-state index contributed by atoms with van der Waals surface area (Å²) >= 11 is 0. The van der Waals surface area contributed by atoms with Gasteiger partial charge >= 0.3 is 5.97 Å². The van der Waals surface area contributed by atoms with Crippen LogP contribution >= 0.6 is 0 Å². The Balaban J connectivity index is 0.000000741. The molecule has 6 unspecified atom stereocenters. The topological polar surface area (TPSA) is 146 Å². The summed E-state index contributed by atoms with van der Waals surface area (Å²) in [6, 6.07) is 29.4. The first-order chi connectivity index (χ1) is 30.9. The molecule has 2 saturated carbocycles. The fourth-order valence-electron chi connectivity index (χ4n) is 6.11. The van der Waals surface area contributed by atoms with Gasteiger partial charge in [0.05, 0.1) is 18.4 Å². The van der Waals surface area contributed by atoms with Crippen LogP contribution in [0.15, 0.2) is 103 Å². The maximum atomic E-state index is 11.1. The van der Waals surface area contributed by atoms with Gasteiger partial charge < -0.3 is 38.3 Å². The van der Waals surface area contributed by atoms with Crippen LogP contribution in [-0.2, 0) is 43.1 Å². The molecule has 6 rings (SSSR count). The Kier molecular flexibility index (Phi) is 34.8. The lowest BCUT2D eigenvalue weighted by atomic mass is 9.91. The van der Waals surface area contributed by atoms with Gasteiger partial charge in [0.15, 0.2) is 0 Å². The van der Waals surface area contributed by atoms with Gasteiger partial charge in [-0.15, -0.1) is 0 Å². The van der Waals surface area contributed by atoms with Crippen molar-refractivity contribution in [2.45, 2.75) is 125 Å². The monoisotopic (exact) mass is 881 g/mol. The van der Waals surface area contributed by atoms with Gasteiger partial charge in [0.25, 0.3) is 0 Å². The molecule has 0 radical (unpaired) electrons. The standard InChI is InChI=1S/C14H12O.C9H10O.C7H10O3.C7H12O.C7H10O.C7H14O.C4H8O/c15-11-14(12-7-3-1-4-8-12)13-9-5-2-6-10-13;1-8(7-10)9-5-3-2-4-6-9;1-2-10-7(9)6-3-5(6)4-8;2*8-6-7-4-2-1-3-5-7;1-4-6(2)7(3)5-8;1-4(2)3-5/h1-11,14H;2-8H,1H3;4-6H,2-3H2,1H3;6-7H,1-5H2;1-2,6-7H,3-5H2;5-7H,4H2,1-3H3;3-4H,1-2H3. The van der Waals surface area contributed by atoms with Crippen LogP contribution in [0.1, 0.15) is 141 Å².